The summed E-state index contributed by atoms with van der Waals surface area (Å²) in [6.45, 7) is 7.18. The van der Waals surface area contributed by atoms with E-state index in [9.17, 15) is 4.79 Å². The maximum atomic E-state index is 10.8. The highest BCUT2D eigenvalue weighted by Gasteiger charge is 2.42. The molecule has 3 unspecified atom stereocenters. The molecule has 0 radical (unpaired) electrons. The zero-order valence-electron chi connectivity index (χ0n) is 16.2. The lowest BCUT2D eigenvalue weighted by Crippen LogP contribution is -2.41. The molecule has 0 bridgehead atoms. The number of benzene rings is 2. The molecule has 1 saturated carbocycles. The van der Waals surface area contributed by atoms with Gasteiger partial charge in [0.15, 0.2) is 0 Å². The summed E-state index contributed by atoms with van der Waals surface area (Å²) < 4.78 is 5.94. The molecule has 1 fully saturated rings. The Hall–Kier alpha value is -2.09. The van der Waals surface area contributed by atoms with Gasteiger partial charge < -0.3 is 4.74 Å². The van der Waals surface area contributed by atoms with E-state index in [2.05, 4.69) is 45.0 Å². The molecule has 1 aliphatic rings. The van der Waals surface area contributed by atoms with Crippen molar-refractivity contribution in [3.63, 3.8) is 0 Å². The lowest BCUT2D eigenvalue weighted by Gasteiger charge is -2.47. The summed E-state index contributed by atoms with van der Waals surface area (Å²) in [5.41, 5.74) is 2.35. The van der Waals surface area contributed by atoms with Gasteiger partial charge in [-0.3, -0.25) is 4.79 Å². The number of hydrogen-bond acceptors (Lipinski definition) is 2. The van der Waals surface area contributed by atoms with Gasteiger partial charge in [-0.1, -0.05) is 45.7 Å². The summed E-state index contributed by atoms with van der Waals surface area (Å²) in [7, 11) is 0. The Morgan fingerprint density at radius 2 is 1.65 bits per heavy atom. The molecular formula is C24H30O2. The molecule has 2 nitrogen and oxygen atoms in total. The third-order valence-corrected chi connectivity index (χ3v) is 6.43. The largest absolute Gasteiger partial charge is 0.457 e. The van der Waals surface area contributed by atoms with Gasteiger partial charge in [0.1, 0.15) is 17.8 Å². The van der Waals surface area contributed by atoms with Crippen LogP contribution in [-0.2, 0) is 5.41 Å². The van der Waals surface area contributed by atoms with E-state index in [0.29, 0.717) is 11.5 Å². The average molecular weight is 351 g/mol. The maximum absolute atomic E-state index is 10.8. The molecule has 0 aromatic heterocycles. The van der Waals surface area contributed by atoms with Crippen molar-refractivity contribution in [2.75, 3.05) is 0 Å². The molecule has 0 N–H and O–H groups in total. The standard InChI is InChI=1S/C24H30O2/c1-4-6-20-8-5-7-18(2)24(20,3)21-11-15-23(16-12-21)26-22-13-9-19(17-25)10-14-22/h9-18,20H,4-8H2,1-3H3. The SMILES string of the molecule is CCCC1CCCC(C)C1(C)c1ccc(Oc2ccc(C=O)cc2)cc1. The Kier molecular flexibility index (Phi) is 5.80. The molecule has 1 aliphatic carbocycles. The van der Waals surface area contributed by atoms with Crippen LogP contribution in [0.4, 0.5) is 0 Å². The molecule has 2 aromatic carbocycles. The van der Waals surface area contributed by atoms with Crippen LogP contribution in [0.1, 0.15) is 68.8 Å². The fraction of sp³-hybridized carbons (Fsp3) is 0.458. The van der Waals surface area contributed by atoms with Crippen molar-refractivity contribution in [1.82, 2.24) is 0 Å². The van der Waals surface area contributed by atoms with Gasteiger partial charge in [-0.15, -0.1) is 0 Å². The monoisotopic (exact) mass is 350 g/mol. The molecule has 0 saturated heterocycles. The van der Waals surface area contributed by atoms with Crippen LogP contribution in [0, 0.1) is 11.8 Å². The Morgan fingerprint density at radius 1 is 1.04 bits per heavy atom. The predicted molar refractivity (Wildman–Crippen MR) is 107 cm³/mol. The van der Waals surface area contributed by atoms with Gasteiger partial charge in [0, 0.05) is 5.56 Å². The number of rotatable bonds is 6. The smallest absolute Gasteiger partial charge is 0.150 e. The molecule has 3 rings (SSSR count). The van der Waals surface area contributed by atoms with Crippen LogP contribution in [0.15, 0.2) is 48.5 Å². The Balaban J connectivity index is 1.79. The molecule has 3 atom stereocenters. The van der Waals surface area contributed by atoms with Crippen molar-refractivity contribution in [2.24, 2.45) is 11.8 Å². The lowest BCUT2D eigenvalue weighted by molar-refractivity contribution is 0.112. The van der Waals surface area contributed by atoms with E-state index in [1.165, 1.54) is 37.7 Å². The zero-order chi connectivity index (χ0) is 18.6. The third-order valence-electron chi connectivity index (χ3n) is 6.43. The zero-order valence-corrected chi connectivity index (χ0v) is 16.2. The highest BCUT2D eigenvalue weighted by Crippen LogP contribution is 2.49. The fourth-order valence-corrected chi connectivity index (χ4v) is 4.62. The van der Waals surface area contributed by atoms with Crippen LogP contribution in [0.5, 0.6) is 11.5 Å². The topological polar surface area (TPSA) is 26.3 Å². The number of ether oxygens (including phenoxy) is 1. The third kappa shape index (κ3) is 3.70. The first-order valence-electron chi connectivity index (χ1n) is 9.91. The molecule has 0 heterocycles. The Bertz CT molecular complexity index is 715. The summed E-state index contributed by atoms with van der Waals surface area (Å²) in [5, 5.41) is 0. The van der Waals surface area contributed by atoms with E-state index < -0.39 is 0 Å². The molecule has 0 amide bonds. The van der Waals surface area contributed by atoms with Crippen LogP contribution in [-0.4, -0.2) is 6.29 Å². The summed E-state index contributed by atoms with van der Waals surface area (Å²) >= 11 is 0. The fourth-order valence-electron chi connectivity index (χ4n) is 4.62. The summed E-state index contributed by atoms with van der Waals surface area (Å²) in [6.07, 6.45) is 7.43. The second-order valence-corrected chi connectivity index (χ2v) is 7.91. The lowest BCUT2D eigenvalue weighted by atomic mass is 9.57. The highest BCUT2D eigenvalue weighted by atomic mass is 16.5. The Morgan fingerprint density at radius 3 is 2.23 bits per heavy atom. The van der Waals surface area contributed by atoms with Crippen molar-refractivity contribution in [1.29, 1.82) is 0 Å². The van der Waals surface area contributed by atoms with Crippen molar-refractivity contribution in [3.8, 4) is 11.5 Å². The van der Waals surface area contributed by atoms with E-state index >= 15 is 0 Å². The predicted octanol–water partition coefficient (Wildman–Crippen LogP) is 6.79. The van der Waals surface area contributed by atoms with E-state index in [1.807, 2.05) is 12.1 Å². The van der Waals surface area contributed by atoms with Gasteiger partial charge >= 0.3 is 0 Å². The first-order chi connectivity index (χ1) is 12.6. The van der Waals surface area contributed by atoms with Crippen LogP contribution >= 0.6 is 0 Å². The molecule has 2 heteroatoms. The molecular weight excluding hydrogens is 320 g/mol. The number of carbonyl (C=O) groups excluding carboxylic acids is 1. The minimum Gasteiger partial charge on any atom is -0.457 e. The van der Waals surface area contributed by atoms with Crippen molar-refractivity contribution < 1.29 is 9.53 Å². The van der Waals surface area contributed by atoms with Crippen molar-refractivity contribution >= 4 is 6.29 Å². The first-order valence-corrected chi connectivity index (χ1v) is 9.91. The number of aldehydes is 1. The van der Waals surface area contributed by atoms with Gasteiger partial charge in [-0.25, -0.2) is 0 Å². The van der Waals surface area contributed by atoms with E-state index in [-0.39, 0.29) is 5.41 Å². The average Bonchev–Trinajstić information content (AvgIpc) is 2.67. The second-order valence-electron chi connectivity index (χ2n) is 7.91. The molecule has 138 valence electrons. The van der Waals surface area contributed by atoms with Gasteiger partial charge in [0.25, 0.3) is 0 Å². The van der Waals surface area contributed by atoms with E-state index in [4.69, 9.17) is 4.74 Å². The highest BCUT2D eigenvalue weighted by molar-refractivity contribution is 5.74. The van der Waals surface area contributed by atoms with Crippen LogP contribution < -0.4 is 4.74 Å². The molecule has 26 heavy (non-hydrogen) atoms. The van der Waals surface area contributed by atoms with Crippen molar-refractivity contribution in [3.05, 3.63) is 59.7 Å². The van der Waals surface area contributed by atoms with Gasteiger partial charge in [0.2, 0.25) is 0 Å². The number of carbonyl (C=O) groups is 1. The summed E-state index contributed by atoms with van der Waals surface area (Å²) in [5.74, 6) is 3.06. The number of hydrogen-bond donors (Lipinski definition) is 0. The van der Waals surface area contributed by atoms with Crippen molar-refractivity contribution in [2.45, 2.75) is 58.3 Å². The molecule has 0 aliphatic heterocycles. The first kappa shape index (κ1) is 18.7. The Labute approximate surface area is 157 Å². The molecule has 0 spiro atoms. The minimum atomic E-state index is 0.248. The minimum absolute atomic E-state index is 0.248. The van der Waals surface area contributed by atoms with E-state index in [0.717, 1.165) is 23.7 Å². The second kappa shape index (κ2) is 8.07. The summed E-state index contributed by atoms with van der Waals surface area (Å²) in [6, 6.07) is 15.9. The van der Waals surface area contributed by atoms with E-state index in [1.54, 1.807) is 12.1 Å². The van der Waals surface area contributed by atoms with Gasteiger partial charge in [-0.2, -0.15) is 0 Å². The maximum Gasteiger partial charge on any atom is 0.150 e. The normalized spacial score (nSPS) is 25.7. The van der Waals surface area contributed by atoms with Gasteiger partial charge in [-0.05, 0) is 78.5 Å². The van der Waals surface area contributed by atoms with Crippen LogP contribution in [0.3, 0.4) is 0 Å². The molecule has 2 aromatic rings. The summed E-state index contributed by atoms with van der Waals surface area (Å²) in [4.78, 5) is 10.8. The van der Waals surface area contributed by atoms with Crippen LogP contribution in [0.25, 0.3) is 0 Å². The van der Waals surface area contributed by atoms with Gasteiger partial charge in [0.05, 0.1) is 0 Å². The quantitative estimate of drug-likeness (QED) is 0.536. The van der Waals surface area contributed by atoms with Crippen LogP contribution in [0.2, 0.25) is 0 Å².